The van der Waals surface area contributed by atoms with Crippen molar-refractivity contribution >= 4 is 32.4 Å². The molecule has 0 unspecified atom stereocenters. The minimum absolute atomic E-state index is 0.333. The van der Waals surface area contributed by atoms with E-state index in [1.165, 1.54) is 18.4 Å². The predicted molar refractivity (Wildman–Crippen MR) is 76.1 cm³/mol. The lowest BCUT2D eigenvalue weighted by atomic mass is 10.2. The largest absolute Gasteiger partial charge is 0.479 e. The molecular formula is C12H13N5O2S. The Morgan fingerprint density at radius 1 is 1.40 bits per heavy atom. The second-order valence-corrected chi connectivity index (χ2v) is 5.29. The number of nitrogen functional groups attached to an aromatic ring is 1. The van der Waals surface area contributed by atoms with E-state index in [1.807, 2.05) is 0 Å². The van der Waals surface area contributed by atoms with Crippen LogP contribution in [0.3, 0.4) is 0 Å². The molecule has 2 N–H and O–H groups in total. The summed E-state index contributed by atoms with van der Waals surface area (Å²) in [6.07, 6.45) is 0. The quantitative estimate of drug-likeness (QED) is 0.881. The topological polar surface area (TPSA) is 97.3 Å². The maximum absolute atomic E-state index is 9.36. The Labute approximate surface area is 119 Å². The standard InChI is InChI=1S/C12H13N5O2S/c1-18-11-8-10(20-12(14)16-8)9(7(6-13)15-11)17-2-4-19-5-3-17/h2-5H2,1H3,(H2,14,16). The molecule has 0 spiro atoms. The molecule has 0 amide bonds. The van der Waals surface area contributed by atoms with Gasteiger partial charge in [-0.1, -0.05) is 11.3 Å². The third-order valence-corrected chi connectivity index (χ3v) is 4.02. The van der Waals surface area contributed by atoms with Gasteiger partial charge in [-0.3, -0.25) is 0 Å². The molecule has 20 heavy (non-hydrogen) atoms. The average molecular weight is 291 g/mol. The lowest BCUT2D eigenvalue weighted by Crippen LogP contribution is -2.36. The van der Waals surface area contributed by atoms with Gasteiger partial charge in [-0.2, -0.15) is 10.2 Å². The van der Waals surface area contributed by atoms with Crippen LogP contribution in [0.4, 0.5) is 10.8 Å². The van der Waals surface area contributed by atoms with Gasteiger partial charge in [0.25, 0.3) is 0 Å². The zero-order chi connectivity index (χ0) is 14.1. The van der Waals surface area contributed by atoms with Crippen LogP contribution in [-0.4, -0.2) is 43.4 Å². The Bertz CT molecular complexity index is 687. The van der Waals surface area contributed by atoms with Crippen LogP contribution in [0.2, 0.25) is 0 Å². The van der Waals surface area contributed by atoms with Crippen LogP contribution in [0.1, 0.15) is 5.69 Å². The molecule has 0 bridgehead atoms. The van der Waals surface area contributed by atoms with E-state index in [0.29, 0.717) is 35.4 Å². The van der Waals surface area contributed by atoms with Crippen molar-refractivity contribution < 1.29 is 9.47 Å². The lowest BCUT2D eigenvalue weighted by molar-refractivity contribution is 0.123. The SMILES string of the molecule is COc1nc(C#N)c(N2CCOCC2)c2sc(N)nc12. The Hall–Kier alpha value is -2.11. The van der Waals surface area contributed by atoms with Crippen LogP contribution in [0.15, 0.2) is 0 Å². The number of hydrogen-bond acceptors (Lipinski definition) is 8. The van der Waals surface area contributed by atoms with Gasteiger partial charge < -0.3 is 20.1 Å². The van der Waals surface area contributed by atoms with E-state index >= 15 is 0 Å². The first-order valence-corrected chi connectivity index (χ1v) is 6.93. The zero-order valence-electron chi connectivity index (χ0n) is 10.9. The van der Waals surface area contributed by atoms with Crippen molar-refractivity contribution in [3.8, 4) is 11.9 Å². The van der Waals surface area contributed by atoms with Gasteiger partial charge in [-0.25, -0.2) is 4.98 Å². The Morgan fingerprint density at radius 2 is 2.15 bits per heavy atom. The van der Waals surface area contributed by atoms with Crippen molar-refractivity contribution in [1.29, 1.82) is 5.26 Å². The van der Waals surface area contributed by atoms with E-state index < -0.39 is 0 Å². The molecule has 0 aromatic carbocycles. The summed E-state index contributed by atoms with van der Waals surface area (Å²) < 4.78 is 11.4. The summed E-state index contributed by atoms with van der Waals surface area (Å²) in [7, 11) is 1.51. The molecule has 2 aromatic rings. The lowest BCUT2D eigenvalue weighted by Gasteiger charge is -2.29. The van der Waals surface area contributed by atoms with Crippen molar-refractivity contribution in [3.05, 3.63) is 5.69 Å². The fourth-order valence-electron chi connectivity index (χ4n) is 2.26. The number of nitrogens with two attached hydrogens (primary N) is 1. The van der Waals surface area contributed by atoms with Gasteiger partial charge in [-0.05, 0) is 0 Å². The zero-order valence-corrected chi connectivity index (χ0v) is 11.7. The van der Waals surface area contributed by atoms with Crippen molar-refractivity contribution in [2.24, 2.45) is 0 Å². The molecule has 3 rings (SSSR count). The first-order valence-electron chi connectivity index (χ1n) is 6.11. The van der Waals surface area contributed by atoms with E-state index in [4.69, 9.17) is 15.2 Å². The summed E-state index contributed by atoms with van der Waals surface area (Å²) in [6, 6.07) is 2.13. The summed E-state index contributed by atoms with van der Waals surface area (Å²) in [5.41, 5.74) is 7.52. The highest BCUT2D eigenvalue weighted by molar-refractivity contribution is 7.22. The van der Waals surface area contributed by atoms with Gasteiger partial charge in [0.05, 0.1) is 30.7 Å². The molecule has 0 saturated carbocycles. The molecule has 8 heteroatoms. The maximum atomic E-state index is 9.36. The highest BCUT2D eigenvalue weighted by atomic mass is 32.1. The number of aromatic nitrogens is 2. The van der Waals surface area contributed by atoms with Crippen LogP contribution in [-0.2, 0) is 4.74 Å². The first-order chi connectivity index (χ1) is 9.74. The average Bonchev–Trinajstić information content (AvgIpc) is 2.87. The molecule has 0 radical (unpaired) electrons. The summed E-state index contributed by atoms with van der Waals surface area (Å²) in [4.78, 5) is 10.6. The van der Waals surface area contributed by atoms with Crippen molar-refractivity contribution in [2.45, 2.75) is 0 Å². The number of nitrogens with zero attached hydrogens (tertiary/aromatic N) is 4. The van der Waals surface area contributed by atoms with Crippen LogP contribution in [0.25, 0.3) is 10.2 Å². The Balaban J connectivity index is 2.25. The van der Waals surface area contributed by atoms with E-state index in [-0.39, 0.29) is 0 Å². The molecule has 1 fully saturated rings. The molecule has 1 aliphatic heterocycles. The van der Waals surface area contributed by atoms with Crippen molar-refractivity contribution in [2.75, 3.05) is 44.0 Å². The summed E-state index contributed by atoms with van der Waals surface area (Å²) in [6.45, 7) is 2.70. The predicted octanol–water partition coefficient (Wildman–Crippen LogP) is 0.990. The monoisotopic (exact) mass is 291 g/mol. The summed E-state index contributed by atoms with van der Waals surface area (Å²) in [5, 5.41) is 9.80. The number of thiazole rings is 1. The fourth-order valence-corrected chi connectivity index (χ4v) is 3.16. The minimum Gasteiger partial charge on any atom is -0.479 e. The fraction of sp³-hybridized carbons (Fsp3) is 0.417. The van der Waals surface area contributed by atoms with Crippen molar-refractivity contribution in [3.63, 3.8) is 0 Å². The number of hydrogen-bond donors (Lipinski definition) is 1. The Kier molecular flexibility index (Phi) is 3.30. The van der Waals surface area contributed by atoms with Crippen LogP contribution >= 0.6 is 11.3 Å². The van der Waals surface area contributed by atoms with Crippen LogP contribution < -0.4 is 15.4 Å². The second kappa shape index (κ2) is 5.11. The van der Waals surface area contributed by atoms with E-state index in [2.05, 4.69) is 20.9 Å². The molecule has 3 heterocycles. The van der Waals surface area contributed by atoms with Gasteiger partial charge in [0.2, 0.25) is 5.88 Å². The molecule has 2 aromatic heterocycles. The molecule has 0 atom stereocenters. The molecule has 0 aliphatic carbocycles. The number of rotatable bonds is 2. The summed E-state index contributed by atoms with van der Waals surface area (Å²) >= 11 is 1.34. The minimum atomic E-state index is 0.333. The van der Waals surface area contributed by atoms with Gasteiger partial charge in [-0.15, -0.1) is 0 Å². The third-order valence-electron chi connectivity index (χ3n) is 3.13. The number of anilines is 2. The van der Waals surface area contributed by atoms with E-state index in [1.54, 1.807) is 0 Å². The number of methoxy groups -OCH3 is 1. The normalized spacial score (nSPS) is 15.3. The summed E-state index contributed by atoms with van der Waals surface area (Å²) in [5.74, 6) is 0.335. The van der Waals surface area contributed by atoms with Gasteiger partial charge in [0.1, 0.15) is 11.6 Å². The maximum Gasteiger partial charge on any atom is 0.242 e. The number of ether oxygens (including phenoxy) is 2. The molecule has 1 aliphatic rings. The van der Waals surface area contributed by atoms with Gasteiger partial charge in [0, 0.05) is 13.1 Å². The number of fused-ring (bicyclic) bond motifs is 1. The van der Waals surface area contributed by atoms with Crippen molar-refractivity contribution in [1.82, 2.24) is 9.97 Å². The van der Waals surface area contributed by atoms with E-state index in [9.17, 15) is 5.26 Å². The van der Waals surface area contributed by atoms with Gasteiger partial charge in [0.15, 0.2) is 10.8 Å². The van der Waals surface area contributed by atoms with E-state index in [0.717, 1.165) is 23.5 Å². The highest BCUT2D eigenvalue weighted by Gasteiger charge is 2.24. The molecule has 1 saturated heterocycles. The Morgan fingerprint density at radius 3 is 2.80 bits per heavy atom. The molecule has 7 nitrogen and oxygen atoms in total. The smallest absolute Gasteiger partial charge is 0.242 e. The second-order valence-electron chi connectivity index (χ2n) is 4.26. The molecular weight excluding hydrogens is 278 g/mol. The number of pyridine rings is 1. The molecule has 104 valence electrons. The van der Waals surface area contributed by atoms with Crippen LogP contribution in [0, 0.1) is 11.3 Å². The van der Waals surface area contributed by atoms with Gasteiger partial charge >= 0.3 is 0 Å². The third kappa shape index (κ3) is 2.01. The first kappa shape index (κ1) is 12.9. The highest BCUT2D eigenvalue weighted by Crippen LogP contribution is 2.39. The van der Waals surface area contributed by atoms with Crippen LogP contribution in [0.5, 0.6) is 5.88 Å². The number of morpholine rings is 1. The number of nitriles is 1.